The van der Waals surface area contributed by atoms with Crippen molar-refractivity contribution in [2.45, 2.75) is 32.6 Å². The van der Waals surface area contributed by atoms with E-state index in [-0.39, 0.29) is 7.43 Å². The molecule has 1 aromatic carbocycles. The van der Waals surface area contributed by atoms with Crippen LogP contribution < -0.4 is 14.2 Å². The fourth-order valence-corrected chi connectivity index (χ4v) is 2.12. The van der Waals surface area contributed by atoms with Gasteiger partial charge in [-0.2, -0.15) is 0 Å². The molecule has 0 unspecified atom stereocenters. The van der Waals surface area contributed by atoms with E-state index >= 15 is 0 Å². The van der Waals surface area contributed by atoms with E-state index in [2.05, 4.69) is 26.5 Å². The van der Waals surface area contributed by atoms with E-state index in [9.17, 15) is 0 Å². The summed E-state index contributed by atoms with van der Waals surface area (Å²) in [5.41, 5.74) is 1.06. The zero-order chi connectivity index (χ0) is 13.0. The van der Waals surface area contributed by atoms with Crippen LogP contribution in [0.15, 0.2) is 11.0 Å². The zero-order valence-corrected chi connectivity index (χ0v) is 11.9. The molecule has 18 heavy (non-hydrogen) atoms. The molecule has 0 saturated heterocycles. The Hall–Kier alpha value is -1.03. The summed E-state index contributed by atoms with van der Waals surface area (Å²) < 4.78 is 16.1. The van der Waals surface area contributed by atoms with Crippen LogP contribution in [0.2, 0.25) is 0 Å². The van der Waals surface area contributed by atoms with Gasteiger partial charge in [-0.25, -0.2) is 0 Å². The standard InChI is InChI=1S/C13H20O3S.CH4/c1-8(2)6-9-11(17)7-10(14-3)13(16-5)12(9)15-4;/h7-8,17H,6H2,1-5H3;1H4. The minimum Gasteiger partial charge on any atom is -0.493 e. The predicted octanol–water partition coefficient (Wildman–Crippen LogP) is 3.84. The summed E-state index contributed by atoms with van der Waals surface area (Å²) in [7, 11) is 4.85. The van der Waals surface area contributed by atoms with Gasteiger partial charge in [-0.05, 0) is 18.4 Å². The van der Waals surface area contributed by atoms with Gasteiger partial charge in [-0.1, -0.05) is 21.3 Å². The smallest absolute Gasteiger partial charge is 0.203 e. The van der Waals surface area contributed by atoms with Crippen molar-refractivity contribution in [1.29, 1.82) is 0 Å². The van der Waals surface area contributed by atoms with Crippen molar-refractivity contribution in [3.05, 3.63) is 11.6 Å². The molecule has 0 saturated carbocycles. The van der Waals surface area contributed by atoms with Gasteiger partial charge in [0.25, 0.3) is 0 Å². The molecule has 0 atom stereocenters. The molecule has 0 radical (unpaired) electrons. The van der Waals surface area contributed by atoms with Crippen LogP contribution in [-0.2, 0) is 6.42 Å². The minimum absolute atomic E-state index is 0. The Morgan fingerprint density at radius 3 is 2.00 bits per heavy atom. The van der Waals surface area contributed by atoms with Crippen molar-refractivity contribution in [3.8, 4) is 17.2 Å². The summed E-state index contributed by atoms with van der Waals surface area (Å²) in [6, 6.07) is 1.86. The largest absolute Gasteiger partial charge is 0.493 e. The third-order valence-corrected chi connectivity index (χ3v) is 2.92. The highest BCUT2D eigenvalue weighted by atomic mass is 32.1. The molecule has 104 valence electrons. The fourth-order valence-electron chi connectivity index (χ4n) is 1.81. The molecule has 0 aliphatic rings. The van der Waals surface area contributed by atoms with Gasteiger partial charge in [-0.3, -0.25) is 0 Å². The molecular formula is C14H24O3S. The molecule has 4 heteroatoms. The highest BCUT2D eigenvalue weighted by molar-refractivity contribution is 7.80. The van der Waals surface area contributed by atoms with E-state index in [0.29, 0.717) is 23.2 Å². The number of hydrogen-bond acceptors (Lipinski definition) is 4. The van der Waals surface area contributed by atoms with Crippen LogP contribution in [0.5, 0.6) is 17.2 Å². The van der Waals surface area contributed by atoms with Crippen LogP contribution in [0.1, 0.15) is 26.8 Å². The Morgan fingerprint density at radius 1 is 1.06 bits per heavy atom. The maximum atomic E-state index is 5.44. The average Bonchev–Trinajstić information content (AvgIpc) is 2.30. The highest BCUT2D eigenvalue weighted by Gasteiger charge is 2.19. The Labute approximate surface area is 116 Å². The molecule has 0 fully saturated rings. The second kappa shape index (κ2) is 7.41. The molecule has 1 rings (SSSR count). The first-order valence-corrected chi connectivity index (χ1v) is 6.00. The molecule has 0 aliphatic carbocycles. The molecule has 0 spiro atoms. The van der Waals surface area contributed by atoms with Crippen molar-refractivity contribution in [2.24, 2.45) is 5.92 Å². The number of rotatable bonds is 5. The Bertz CT molecular complexity index is 389. The summed E-state index contributed by atoms with van der Waals surface area (Å²) in [4.78, 5) is 0.869. The number of methoxy groups -OCH3 is 3. The monoisotopic (exact) mass is 272 g/mol. The lowest BCUT2D eigenvalue weighted by molar-refractivity contribution is 0.319. The molecular weight excluding hydrogens is 248 g/mol. The average molecular weight is 272 g/mol. The zero-order valence-electron chi connectivity index (χ0n) is 11.0. The maximum Gasteiger partial charge on any atom is 0.203 e. The van der Waals surface area contributed by atoms with Gasteiger partial charge < -0.3 is 14.2 Å². The first kappa shape index (κ1) is 17.0. The van der Waals surface area contributed by atoms with Gasteiger partial charge in [0.05, 0.1) is 21.3 Å². The summed E-state index contributed by atoms with van der Waals surface area (Å²) in [5, 5.41) is 0. The SMILES string of the molecule is C.COc1cc(S)c(CC(C)C)c(OC)c1OC. The summed E-state index contributed by atoms with van der Waals surface area (Å²) in [6.07, 6.45) is 0.891. The van der Waals surface area contributed by atoms with Crippen molar-refractivity contribution in [2.75, 3.05) is 21.3 Å². The van der Waals surface area contributed by atoms with Crippen LogP contribution in [-0.4, -0.2) is 21.3 Å². The third-order valence-electron chi connectivity index (χ3n) is 2.52. The minimum atomic E-state index is 0. The number of thiol groups is 1. The maximum absolute atomic E-state index is 5.44. The second-order valence-electron chi connectivity index (χ2n) is 4.24. The van der Waals surface area contributed by atoms with E-state index < -0.39 is 0 Å². The fraction of sp³-hybridized carbons (Fsp3) is 0.571. The van der Waals surface area contributed by atoms with Crippen molar-refractivity contribution in [1.82, 2.24) is 0 Å². The van der Waals surface area contributed by atoms with Gasteiger partial charge in [0.15, 0.2) is 11.5 Å². The van der Waals surface area contributed by atoms with E-state index in [1.807, 2.05) is 6.07 Å². The topological polar surface area (TPSA) is 27.7 Å². The number of ether oxygens (including phenoxy) is 3. The van der Waals surface area contributed by atoms with E-state index in [1.165, 1.54) is 0 Å². The Morgan fingerprint density at radius 2 is 1.61 bits per heavy atom. The summed E-state index contributed by atoms with van der Waals surface area (Å²) >= 11 is 4.49. The normalized spacial score (nSPS) is 9.94. The van der Waals surface area contributed by atoms with E-state index in [0.717, 1.165) is 16.9 Å². The van der Waals surface area contributed by atoms with Crippen LogP contribution in [0.25, 0.3) is 0 Å². The summed E-state index contributed by atoms with van der Waals surface area (Å²) in [6.45, 7) is 4.31. The Balaban J connectivity index is 0.00000289. The first-order valence-electron chi connectivity index (χ1n) is 5.55. The number of benzene rings is 1. The third kappa shape index (κ3) is 3.48. The van der Waals surface area contributed by atoms with E-state index in [1.54, 1.807) is 21.3 Å². The molecule has 3 nitrogen and oxygen atoms in total. The highest BCUT2D eigenvalue weighted by Crippen LogP contribution is 2.43. The van der Waals surface area contributed by atoms with Gasteiger partial charge >= 0.3 is 0 Å². The number of hydrogen-bond donors (Lipinski definition) is 1. The Kier molecular flexibility index (Phi) is 6.99. The quantitative estimate of drug-likeness (QED) is 0.825. The molecule has 0 aromatic heterocycles. The first-order chi connectivity index (χ1) is 8.04. The van der Waals surface area contributed by atoms with Crippen LogP contribution >= 0.6 is 12.6 Å². The molecule has 0 bridgehead atoms. The van der Waals surface area contributed by atoms with Gasteiger partial charge in [0, 0.05) is 10.5 Å². The van der Waals surface area contributed by atoms with Crippen molar-refractivity contribution < 1.29 is 14.2 Å². The van der Waals surface area contributed by atoms with Gasteiger partial charge in [0.2, 0.25) is 5.75 Å². The molecule has 0 N–H and O–H groups in total. The van der Waals surface area contributed by atoms with E-state index in [4.69, 9.17) is 14.2 Å². The van der Waals surface area contributed by atoms with Gasteiger partial charge in [0.1, 0.15) is 0 Å². The van der Waals surface area contributed by atoms with Crippen molar-refractivity contribution >= 4 is 12.6 Å². The lowest BCUT2D eigenvalue weighted by atomic mass is 10.0. The van der Waals surface area contributed by atoms with Crippen LogP contribution in [0.3, 0.4) is 0 Å². The lowest BCUT2D eigenvalue weighted by Crippen LogP contribution is -2.03. The predicted molar refractivity (Wildman–Crippen MR) is 78.6 cm³/mol. The summed E-state index contributed by atoms with van der Waals surface area (Å²) in [5.74, 6) is 2.50. The molecule has 0 heterocycles. The molecule has 1 aromatic rings. The van der Waals surface area contributed by atoms with Gasteiger partial charge in [-0.15, -0.1) is 12.6 Å². The van der Waals surface area contributed by atoms with Crippen molar-refractivity contribution in [3.63, 3.8) is 0 Å². The van der Waals surface area contributed by atoms with Crippen LogP contribution in [0, 0.1) is 5.92 Å². The molecule has 0 aliphatic heterocycles. The molecule has 0 amide bonds. The second-order valence-corrected chi connectivity index (χ2v) is 4.72. The van der Waals surface area contributed by atoms with Crippen LogP contribution in [0.4, 0.5) is 0 Å². The lowest BCUT2D eigenvalue weighted by Gasteiger charge is -2.18.